The van der Waals surface area contributed by atoms with Gasteiger partial charge < -0.3 is 15.0 Å². The van der Waals surface area contributed by atoms with Gasteiger partial charge in [-0.05, 0) is 31.9 Å². The molecular formula is C15H22N2O2. The molecule has 1 heterocycles. The number of esters is 1. The van der Waals surface area contributed by atoms with Gasteiger partial charge in [-0.2, -0.15) is 0 Å². The first kappa shape index (κ1) is 13.9. The van der Waals surface area contributed by atoms with Crippen LogP contribution in [0.15, 0.2) is 30.3 Å². The smallest absolute Gasteiger partial charge is 0.322 e. The van der Waals surface area contributed by atoms with Crippen molar-refractivity contribution in [1.82, 2.24) is 5.32 Å². The first-order valence-corrected chi connectivity index (χ1v) is 6.84. The third-order valence-corrected chi connectivity index (χ3v) is 3.66. The number of para-hydroxylation sites is 1. The number of carbonyl (C=O) groups is 1. The molecule has 1 aromatic rings. The summed E-state index contributed by atoms with van der Waals surface area (Å²) in [6.07, 6.45) is 2.10. The summed E-state index contributed by atoms with van der Waals surface area (Å²) in [5.41, 5.74) is 1.28. The van der Waals surface area contributed by atoms with E-state index in [9.17, 15) is 4.79 Å². The Balaban J connectivity index is 1.81. The first-order valence-electron chi connectivity index (χ1n) is 6.84. The third-order valence-electron chi connectivity index (χ3n) is 3.66. The molecule has 0 radical (unpaired) electrons. The monoisotopic (exact) mass is 262 g/mol. The SMILES string of the molecule is COC(=O)[C@H](C)NC1CCN(c2ccccc2)CC1. The van der Waals surface area contributed by atoms with E-state index >= 15 is 0 Å². The maximum Gasteiger partial charge on any atom is 0.322 e. The molecule has 0 amide bonds. The van der Waals surface area contributed by atoms with E-state index in [0.29, 0.717) is 6.04 Å². The van der Waals surface area contributed by atoms with Crippen LogP contribution < -0.4 is 10.2 Å². The minimum atomic E-state index is -0.224. The van der Waals surface area contributed by atoms with Gasteiger partial charge in [0.05, 0.1) is 7.11 Å². The number of hydrogen-bond donors (Lipinski definition) is 1. The van der Waals surface area contributed by atoms with Crippen LogP contribution in [0.3, 0.4) is 0 Å². The lowest BCUT2D eigenvalue weighted by Gasteiger charge is -2.34. The van der Waals surface area contributed by atoms with Gasteiger partial charge in [0.1, 0.15) is 6.04 Å². The number of carbonyl (C=O) groups excluding carboxylic acids is 1. The number of piperidine rings is 1. The van der Waals surface area contributed by atoms with Crippen molar-refractivity contribution in [2.24, 2.45) is 0 Å². The molecule has 1 atom stereocenters. The van der Waals surface area contributed by atoms with Crippen LogP contribution in [-0.2, 0) is 9.53 Å². The molecular weight excluding hydrogens is 240 g/mol. The maximum absolute atomic E-state index is 11.4. The van der Waals surface area contributed by atoms with Crippen LogP contribution >= 0.6 is 0 Å². The van der Waals surface area contributed by atoms with Crippen molar-refractivity contribution in [3.63, 3.8) is 0 Å². The standard InChI is InChI=1S/C15H22N2O2/c1-12(15(18)19-2)16-13-8-10-17(11-9-13)14-6-4-3-5-7-14/h3-7,12-13,16H,8-11H2,1-2H3/t12-/m0/s1. The predicted molar refractivity (Wildman–Crippen MR) is 76.3 cm³/mol. The minimum absolute atomic E-state index is 0.189. The molecule has 1 fully saturated rings. The normalized spacial score (nSPS) is 18.1. The number of hydrogen-bond acceptors (Lipinski definition) is 4. The van der Waals surface area contributed by atoms with Crippen molar-refractivity contribution in [2.75, 3.05) is 25.1 Å². The Hall–Kier alpha value is -1.55. The van der Waals surface area contributed by atoms with Gasteiger partial charge in [-0.1, -0.05) is 18.2 Å². The molecule has 19 heavy (non-hydrogen) atoms. The Bertz CT molecular complexity index is 400. The second kappa shape index (κ2) is 6.57. The van der Waals surface area contributed by atoms with Crippen LogP contribution in [0.5, 0.6) is 0 Å². The molecule has 1 saturated heterocycles. The molecule has 104 valence electrons. The van der Waals surface area contributed by atoms with Crippen molar-refractivity contribution in [2.45, 2.75) is 31.8 Å². The van der Waals surface area contributed by atoms with Crippen molar-refractivity contribution >= 4 is 11.7 Å². The summed E-state index contributed by atoms with van der Waals surface area (Å²) in [6, 6.07) is 10.6. The second-order valence-electron chi connectivity index (χ2n) is 5.01. The third kappa shape index (κ3) is 3.70. The number of anilines is 1. The number of nitrogens with zero attached hydrogens (tertiary/aromatic N) is 1. The van der Waals surface area contributed by atoms with E-state index in [0.717, 1.165) is 25.9 Å². The highest BCUT2D eigenvalue weighted by molar-refractivity contribution is 5.75. The van der Waals surface area contributed by atoms with Gasteiger partial charge in [0, 0.05) is 24.8 Å². The lowest BCUT2D eigenvalue weighted by molar-refractivity contribution is -0.142. The Labute approximate surface area is 114 Å². The molecule has 4 heteroatoms. The molecule has 1 N–H and O–H groups in total. The largest absolute Gasteiger partial charge is 0.468 e. The lowest BCUT2D eigenvalue weighted by atomic mass is 10.0. The number of methoxy groups -OCH3 is 1. The van der Waals surface area contributed by atoms with Crippen LogP contribution in [0.25, 0.3) is 0 Å². The van der Waals surface area contributed by atoms with E-state index in [1.807, 2.05) is 13.0 Å². The zero-order valence-corrected chi connectivity index (χ0v) is 11.6. The van der Waals surface area contributed by atoms with Crippen molar-refractivity contribution in [1.29, 1.82) is 0 Å². The van der Waals surface area contributed by atoms with Crippen LogP contribution in [0.1, 0.15) is 19.8 Å². The summed E-state index contributed by atoms with van der Waals surface area (Å²) in [5.74, 6) is -0.189. The minimum Gasteiger partial charge on any atom is -0.468 e. The van der Waals surface area contributed by atoms with E-state index in [4.69, 9.17) is 4.74 Å². The van der Waals surface area contributed by atoms with Gasteiger partial charge in [0.15, 0.2) is 0 Å². The van der Waals surface area contributed by atoms with Gasteiger partial charge in [-0.3, -0.25) is 4.79 Å². The number of nitrogens with one attached hydrogen (secondary N) is 1. The number of ether oxygens (including phenoxy) is 1. The lowest BCUT2D eigenvalue weighted by Crippen LogP contribution is -2.48. The fraction of sp³-hybridized carbons (Fsp3) is 0.533. The molecule has 1 aliphatic rings. The zero-order valence-electron chi connectivity index (χ0n) is 11.6. The highest BCUT2D eigenvalue weighted by atomic mass is 16.5. The van der Waals surface area contributed by atoms with E-state index in [1.54, 1.807) is 0 Å². The average Bonchev–Trinajstić information content (AvgIpc) is 2.48. The van der Waals surface area contributed by atoms with Crippen molar-refractivity contribution in [3.05, 3.63) is 30.3 Å². The summed E-state index contributed by atoms with van der Waals surface area (Å²) >= 11 is 0. The topological polar surface area (TPSA) is 41.6 Å². The van der Waals surface area contributed by atoms with Gasteiger partial charge in [-0.15, -0.1) is 0 Å². The van der Waals surface area contributed by atoms with Gasteiger partial charge >= 0.3 is 5.97 Å². The maximum atomic E-state index is 11.4. The molecule has 0 saturated carbocycles. The van der Waals surface area contributed by atoms with Crippen molar-refractivity contribution in [3.8, 4) is 0 Å². The van der Waals surface area contributed by atoms with Crippen molar-refractivity contribution < 1.29 is 9.53 Å². The van der Waals surface area contributed by atoms with Crippen LogP contribution in [0.2, 0.25) is 0 Å². The van der Waals surface area contributed by atoms with E-state index in [1.165, 1.54) is 12.8 Å². The highest BCUT2D eigenvalue weighted by Gasteiger charge is 2.23. The molecule has 1 aliphatic heterocycles. The quantitative estimate of drug-likeness (QED) is 0.840. The molecule has 0 aromatic heterocycles. The van der Waals surface area contributed by atoms with Gasteiger partial charge in [0.2, 0.25) is 0 Å². The number of rotatable bonds is 4. The van der Waals surface area contributed by atoms with Gasteiger partial charge in [0.25, 0.3) is 0 Å². The van der Waals surface area contributed by atoms with E-state index < -0.39 is 0 Å². The molecule has 2 rings (SSSR count). The summed E-state index contributed by atoms with van der Waals surface area (Å²) in [4.78, 5) is 13.8. The summed E-state index contributed by atoms with van der Waals surface area (Å²) in [6.45, 7) is 3.90. The Kier molecular flexibility index (Phi) is 4.80. The fourth-order valence-corrected chi connectivity index (χ4v) is 2.54. The molecule has 0 spiro atoms. The predicted octanol–water partition coefficient (Wildman–Crippen LogP) is 1.81. The fourth-order valence-electron chi connectivity index (χ4n) is 2.54. The summed E-state index contributed by atoms with van der Waals surface area (Å²) in [7, 11) is 1.43. The average molecular weight is 262 g/mol. The van der Waals surface area contributed by atoms with E-state index in [2.05, 4.69) is 34.5 Å². The summed E-state index contributed by atoms with van der Waals surface area (Å²) < 4.78 is 4.73. The van der Waals surface area contributed by atoms with Crippen LogP contribution in [-0.4, -0.2) is 38.3 Å². The number of benzene rings is 1. The summed E-state index contributed by atoms with van der Waals surface area (Å²) in [5, 5.41) is 3.34. The Morgan fingerprint density at radius 3 is 2.53 bits per heavy atom. The Morgan fingerprint density at radius 2 is 1.95 bits per heavy atom. The van der Waals surface area contributed by atoms with Crippen LogP contribution in [0, 0.1) is 0 Å². The molecule has 1 aromatic carbocycles. The molecule has 0 aliphatic carbocycles. The molecule has 0 bridgehead atoms. The first-order chi connectivity index (χ1) is 9.20. The second-order valence-corrected chi connectivity index (χ2v) is 5.01. The van der Waals surface area contributed by atoms with E-state index in [-0.39, 0.29) is 12.0 Å². The molecule has 4 nitrogen and oxygen atoms in total. The van der Waals surface area contributed by atoms with Gasteiger partial charge in [-0.25, -0.2) is 0 Å². The zero-order chi connectivity index (χ0) is 13.7. The highest BCUT2D eigenvalue weighted by Crippen LogP contribution is 2.19. The Morgan fingerprint density at radius 1 is 1.32 bits per heavy atom. The molecule has 0 unspecified atom stereocenters. The van der Waals surface area contributed by atoms with Crippen LogP contribution in [0.4, 0.5) is 5.69 Å².